The van der Waals surface area contributed by atoms with E-state index in [1.807, 2.05) is 20.8 Å². The van der Waals surface area contributed by atoms with Gasteiger partial charge in [-0.25, -0.2) is 0 Å². The molecule has 0 spiro atoms. The first-order chi connectivity index (χ1) is 6.36. The zero-order valence-electron chi connectivity index (χ0n) is 8.87. The lowest BCUT2D eigenvalue weighted by molar-refractivity contribution is -0.121. The van der Waals surface area contributed by atoms with Gasteiger partial charge < -0.3 is 11.5 Å². The van der Waals surface area contributed by atoms with Crippen molar-refractivity contribution in [2.24, 2.45) is 17.4 Å². The maximum absolute atomic E-state index is 11.4. The molecule has 0 heterocycles. The lowest BCUT2D eigenvalue weighted by atomic mass is 9.91. The minimum absolute atomic E-state index is 0.0920. The second-order valence-electron chi connectivity index (χ2n) is 3.52. The zero-order chi connectivity index (χ0) is 11.4. The van der Waals surface area contributed by atoms with E-state index in [2.05, 4.69) is 0 Å². The standard InChI is InChI=1S/C9H18N2O2S/c1-4-9(6(2)3,8(11)13)14-5-7(10)12/h6H,4-5H2,1-3H3,(H2,10,12)(H2,11,13)/t9-/m1/s1. The van der Waals surface area contributed by atoms with E-state index in [9.17, 15) is 9.59 Å². The normalized spacial score (nSPS) is 15.1. The Balaban J connectivity index is 4.68. The molecule has 0 aliphatic carbocycles. The second kappa shape index (κ2) is 5.24. The fraction of sp³-hybridized carbons (Fsp3) is 0.778. The van der Waals surface area contributed by atoms with Gasteiger partial charge in [-0.05, 0) is 12.3 Å². The Hall–Kier alpha value is -0.710. The molecule has 4 N–H and O–H groups in total. The number of carbonyl (C=O) groups excluding carboxylic acids is 2. The first-order valence-corrected chi connectivity index (χ1v) is 5.57. The third-order valence-corrected chi connectivity index (χ3v) is 4.25. The van der Waals surface area contributed by atoms with Crippen LogP contribution in [-0.2, 0) is 9.59 Å². The molecule has 0 aromatic heterocycles. The molecule has 0 fully saturated rings. The summed E-state index contributed by atoms with van der Waals surface area (Å²) >= 11 is 1.24. The fourth-order valence-corrected chi connectivity index (χ4v) is 2.49. The molecule has 0 saturated carbocycles. The average molecular weight is 218 g/mol. The molecule has 0 bridgehead atoms. The summed E-state index contributed by atoms with van der Waals surface area (Å²) < 4.78 is -0.672. The van der Waals surface area contributed by atoms with Crippen LogP contribution in [0.15, 0.2) is 0 Å². The summed E-state index contributed by atoms with van der Waals surface area (Å²) in [4.78, 5) is 22.0. The summed E-state index contributed by atoms with van der Waals surface area (Å²) in [6.45, 7) is 5.73. The van der Waals surface area contributed by atoms with Gasteiger partial charge in [0, 0.05) is 0 Å². The van der Waals surface area contributed by atoms with Gasteiger partial charge in [-0.3, -0.25) is 9.59 Å². The van der Waals surface area contributed by atoms with Crippen LogP contribution >= 0.6 is 11.8 Å². The summed E-state index contributed by atoms with van der Waals surface area (Å²) in [5, 5.41) is 0. The van der Waals surface area contributed by atoms with Gasteiger partial charge in [0.1, 0.15) is 0 Å². The van der Waals surface area contributed by atoms with Crippen LogP contribution in [0.4, 0.5) is 0 Å². The molecule has 14 heavy (non-hydrogen) atoms. The van der Waals surface area contributed by atoms with Crippen molar-refractivity contribution in [3.8, 4) is 0 Å². The molecule has 0 aromatic carbocycles. The number of primary amides is 2. The van der Waals surface area contributed by atoms with Crippen LogP contribution in [0.25, 0.3) is 0 Å². The second-order valence-corrected chi connectivity index (χ2v) is 4.82. The zero-order valence-corrected chi connectivity index (χ0v) is 9.69. The molecule has 0 radical (unpaired) electrons. The lowest BCUT2D eigenvalue weighted by Crippen LogP contribution is -2.45. The van der Waals surface area contributed by atoms with Crippen molar-refractivity contribution in [1.82, 2.24) is 0 Å². The molecule has 0 unspecified atom stereocenters. The minimum Gasteiger partial charge on any atom is -0.369 e. The first kappa shape index (κ1) is 13.3. The summed E-state index contributed by atoms with van der Waals surface area (Å²) in [6.07, 6.45) is 0.609. The van der Waals surface area contributed by atoms with Gasteiger partial charge in [0.25, 0.3) is 0 Å². The number of hydrogen-bond donors (Lipinski definition) is 2. The highest BCUT2D eigenvalue weighted by molar-refractivity contribution is 8.02. The monoisotopic (exact) mass is 218 g/mol. The maximum Gasteiger partial charge on any atom is 0.233 e. The molecule has 0 aliphatic rings. The van der Waals surface area contributed by atoms with E-state index in [4.69, 9.17) is 11.5 Å². The lowest BCUT2D eigenvalue weighted by Gasteiger charge is -2.32. The van der Waals surface area contributed by atoms with E-state index in [1.54, 1.807) is 0 Å². The Morgan fingerprint density at radius 2 is 1.86 bits per heavy atom. The molecule has 0 aromatic rings. The van der Waals surface area contributed by atoms with Gasteiger partial charge in [-0.2, -0.15) is 0 Å². The van der Waals surface area contributed by atoms with Crippen LogP contribution in [0, 0.1) is 5.92 Å². The summed E-state index contributed by atoms with van der Waals surface area (Å²) in [5.74, 6) is -0.570. The van der Waals surface area contributed by atoms with Crippen LogP contribution in [0.2, 0.25) is 0 Å². The van der Waals surface area contributed by atoms with E-state index in [0.29, 0.717) is 6.42 Å². The van der Waals surface area contributed by atoms with Crippen molar-refractivity contribution >= 4 is 23.6 Å². The van der Waals surface area contributed by atoms with Gasteiger partial charge >= 0.3 is 0 Å². The highest BCUT2D eigenvalue weighted by atomic mass is 32.2. The number of nitrogens with two attached hydrogens (primary N) is 2. The average Bonchev–Trinajstić information content (AvgIpc) is 2.04. The largest absolute Gasteiger partial charge is 0.369 e. The molecule has 0 aliphatic heterocycles. The third-order valence-electron chi connectivity index (χ3n) is 2.35. The van der Waals surface area contributed by atoms with E-state index >= 15 is 0 Å². The third kappa shape index (κ3) is 2.90. The first-order valence-electron chi connectivity index (χ1n) is 4.59. The Morgan fingerprint density at radius 3 is 2.07 bits per heavy atom. The van der Waals surface area contributed by atoms with Crippen molar-refractivity contribution in [2.75, 3.05) is 5.75 Å². The van der Waals surface area contributed by atoms with E-state index < -0.39 is 10.7 Å². The Labute approximate surface area is 88.8 Å². The summed E-state index contributed by atoms with van der Waals surface area (Å²) in [6, 6.07) is 0. The van der Waals surface area contributed by atoms with Crippen molar-refractivity contribution in [2.45, 2.75) is 31.9 Å². The Morgan fingerprint density at radius 1 is 1.36 bits per heavy atom. The maximum atomic E-state index is 11.4. The summed E-state index contributed by atoms with van der Waals surface area (Å²) in [5.41, 5.74) is 10.4. The number of hydrogen-bond acceptors (Lipinski definition) is 3. The molecule has 4 nitrogen and oxygen atoms in total. The molecule has 1 atom stereocenters. The van der Waals surface area contributed by atoms with Crippen LogP contribution in [-0.4, -0.2) is 22.3 Å². The number of amides is 2. The van der Waals surface area contributed by atoms with Gasteiger partial charge in [0.05, 0.1) is 10.5 Å². The van der Waals surface area contributed by atoms with Crippen molar-refractivity contribution in [1.29, 1.82) is 0 Å². The summed E-state index contributed by atoms with van der Waals surface area (Å²) in [7, 11) is 0. The van der Waals surface area contributed by atoms with Crippen molar-refractivity contribution in [3.05, 3.63) is 0 Å². The van der Waals surface area contributed by atoms with E-state index in [0.717, 1.165) is 0 Å². The number of thioether (sulfide) groups is 1. The van der Waals surface area contributed by atoms with Crippen LogP contribution in [0.5, 0.6) is 0 Å². The van der Waals surface area contributed by atoms with Gasteiger partial charge in [-0.1, -0.05) is 20.8 Å². The highest BCUT2D eigenvalue weighted by Crippen LogP contribution is 2.35. The van der Waals surface area contributed by atoms with E-state index in [-0.39, 0.29) is 17.6 Å². The molecular weight excluding hydrogens is 200 g/mol. The molecule has 0 saturated heterocycles. The van der Waals surface area contributed by atoms with Crippen LogP contribution in [0.1, 0.15) is 27.2 Å². The molecule has 2 amide bonds. The highest BCUT2D eigenvalue weighted by Gasteiger charge is 2.38. The minimum atomic E-state index is -0.672. The topological polar surface area (TPSA) is 86.2 Å². The van der Waals surface area contributed by atoms with Crippen LogP contribution < -0.4 is 11.5 Å². The van der Waals surface area contributed by atoms with E-state index in [1.165, 1.54) is 11.8 Å². The smallest absolute Gasteiger partial charge is 0.233 e. The van der Waals surface area contributed by atoms with Crippen molar-refractivity contribution in [3.63, 3.8) is 0 Å². The SMILES string of the molecule is CC[C@](SCC(N)=O)(C(N)=O)C(C)C. The molecule has 5 heteroatoms. The van der Waals surface area contributed by atoms with Gasteiger partial charge in [-0.15, -0.1) is 11.8 Å². The fourth-order valence-electron chi connectivity index (χ4n) is 1.41. The molecule has 82 valence electrons. The molecular formula is C9H18N2O2S. The van der Waals surface area contributed by atoms with Gasteiger partial charge in [0.15, 0.2) is 0 Å². The number of rotatable bonds is 6. The molecule has 0 rings (SSSR count). The predicted octanol–water partition coefficient (Wildman–Crippen LogP) is 0.495. The van der Waals surface area contributed by atoms with Gasteiger partial charge in [0.2, 0.25) is 11.8 Å². The van der Waals surface area contributed by atoms with Crippen molar-refractivity contribution < 1.29 is 9.59 Å². The quantitative estimate of drug-likeness (QED) is 0.680. The van der Waals surface area contributed by atoms with Crippen LogP contribution in [0.3, 0.4) is 0 Å². The Bertz CT molecular complexity index is 231. The predicted molar refractivity (Wildman–Crippen MR) is 58.7 cm³/mol. The Kier molecular flexibility index (Phi) is 4.97. The number of carbonyl (C=O) groups is 2.